The van der Waals surface area contributed by atoms with Crippen LogP contribution >= 0.6 is 0 Å². The average Bonchev–Trinajstić information content (AvgIpc) is 3.14. The van der Waals surface area contributed by atoms with E-state index in [-0.39, 0.29) is 5.91 Å². The van der Waals surface area contributed by atoms with Crippen LogP contribution in [0.15, 0.2) is 10.6 Å². The highest BCUT2D eigenvalue weighted by Crippen LogP contribution is 2.32. The average molecular weight is 292 g/mol. The molecule has 1 aromatic rings. The summed E-state index contributed by atoms with van der Waals surface area (Å²) in [6.07, 6.45) is 2.85. The Kier molecular flexibility index (Phi) is 4.55. The van der Waals surface area contributed by atoms with Gasteiger partial charge in [0, 0.05) is 45.2 Å². The summed E-state index contributed by atoms with van der Waals surface area (Å²) in [6, 6.07) is 2.31. The Morgan fingerprint density at radius 1 is 1.43 bits per heavy atom. The SMILES string of the molecule is Cc1cc(C2CCCN2CCC(=O)N2CCNCC2)on1. The Morgan fingerprint density at radius 2 is 2.24 bits per heavy atom. The summed E-state index contributed by atoms with van der Waals surface area (Å²) >= 11 is 0. The third-order valence-corrected chi connectivity index (χ3v) is 4.42. The van der Waals surface area contributed by atoms with Gasteiger partial charge in [0.05, 0.1) is 11.7 Å². The van der Waals surface area contributed by atoms with Gasteiger partial charge in [-0.25, -0.2) is 0 Å². The smallest absolute Gasteiger partial charge is 0.223 e. The zero-order valence-electron chi connectivity index (χ0n) is 12.7. The molecule has 3 rings (SSSR count). The number of carbonyl (C=O) groups is 1. The van der Waals surface area contributed by atoms with Crippen molar-refractivity contribution in [3.8, 4) is 0 Å². The summed E-state index contributed by atoms with van der Waals surface area (Å²) in [7, 11) is 0. The molecule has 0 spiro atoms. The molecule has 116 valence electrons. The summed E-state index contributed by atoms with van der Waals surface area (Å²) in [5.74, 6) is 1.22. The molecule has 1 atom stereocenters. The van der Waals surface area contributed by atoms with Crippen molar-refractivity contribution >= 4 is 5.91 Å². The topological polar surface area (TPSA) is 61.6 Å². The molecule has 2 fully saturated rings. The van der Waals surface area contributed by atoms with Crippen LogP contribution in [0.25, 0.3) is 0 Å². The van der Waals surface area contributed by atoms with Crippen LogP contribution in [0.5, 0.6) is 0 Å². The van der Waals surface area contributed by atoms with E-state index in [2.05, 4.69) is 15.4 Å². The molecule has 1 unspecified atom stereocenters. The van der Waals surface area contributed by atoms with E-state index in [9.17, 15) is 4.79 Å². The number of amides is 1. The first-order valence-corrected chi connectivity index (χ1v) is 7.90. The minimum atomic E-state index is 0.274. The normalized spacial score (nSPS) is 23.7. The molecule has 6 nitrogen and oxygen atoms in total. The fourth-order valence-corrected chi connectivity index (χ4v) is 3.27. The lowest BCUT2D eigenvalue weighted by Gasteiger charge is -2.29. The number of rotatable bonds is 4. The molecule has 0 saturated carbocycles. The van der Waals surface area contributed by atoms with Crippen molar-refractivity contribution in [1.29, 1.82) is 0 Å². The first kappa shape index (κ1) is 14.5. The maximum absolute atomic E-state index is 12.2. The number of nitrogens with one attached hydrogen (secondary N) is 1. The Bertz CT molecular complexity index is 482. The fourth-order valence-electron chi connectivity index (χ4n) is 3.27. The zero-order valence-corrected chi connectivity index (χ0v) is 12.7. The molecule has 1 N–H and O–H groups in total. The van der Waals surface area contributed by atoms with Crippen LogP contribution in [-0.4, -0.2) is 60.1 Å². The predicted octanol–water partition coefficient (Wildman–Crippen LogP) is 0.942. The van der Waals surface area contributed by atoms with Crippen LogP contribution in [0, 0.1) is 6.92 Å². The van der Waals surface area contributed by atoms with Crippen molar-refractivity contribution in [2.24, 2.45) is 0 Å². The molecular formula is C15H24N4O2. The number of aromatic nitrogens is 1. The van der Waals surface area contributed by atoms with E-state index in [1.165, 1.54) is 0 Å². The first-order valence-electron chi connectivity index (χ1n) is 7.90. The van der Waals surface area contributed by atoms with Crippen LogP contribution in [0.4, 0.5) is 0 Å². The highest BCUT2D eigenvalue weighted by Gasteiger charge is 2.29. The van der Waals surface area contributed by atoms with Crippen molar-refractivity contribution in [3.05, 3.63) is 17.5 Å². The first-order chi connectivity index (χ1) is 10.2. The number of carbonyl (C=O) groups excluding carboxylic acids is 1. The summed E-state index contributed by atoms with van der Waals surface area (Å²) in [6.45, 7) is 7.30. The Labute approximate surface area is 125 Å². The second-order valence-electron chi connectivity index (χ2n) is 5.95. The van der Waals surface area contributed by atoms with E-state index in [0.29, 0.717) is 12.5 Å². The molecule has 6 heteroatoms. The van der Waals surface area contributed by atoms with Gasteiger partial charge in [-0.15, -0.1) is 0 Å². The lowest BCUT2D eigenvalue weighted by molar-refractivity contribution is -0.132. The van der Waals surface area contributed by atoms with E-state index in [4.69, 9.17) is 4.52 Å². The van der Waals surface area contributed by atoms with E-state index >= 15 is 0 Å². The second-order valence-corrected chi connectivity index (χ2v) is 5.95. The Balaban J connectivity index is 1.53. The van der Waals surface area contributed by atoms with E-state index in [1.54, 1.807) is 0 Å². The quantitative estimate of drug-likeness (QED) is 0.895. The summed E-state index contributed by atoms with van der Waals surface area (Å²) in [4.78, 5) is 16.6. The number of aryl methyl sites for hydroxylation is 1. The largest absolute Gasteiger partial charge is 0.359 e. The molecular weight excluding hydrogens is 268 g/mol. The zero-order chi connectivity index (χ0) is 14.7. The second kappa shape index (κ2) is 6.58. The van der Waals surface area contributed by atoms with Gasteiger partial charge < -0.3 is 14.7 Å². The molecule has 0 aliphatic carbocycles. The maximum Gasteiger partial charge on any atom is 0.223 e. The maximum atomic E-state index is 12.2. The molecule has 21 heavy (non-hydrogen) atoms. The molecule has 0 bridgehead atoms. The molecule has 2 saturated heterocycles. The number of hydrogen-bond acceptors (Lipinski definition) is 5. The van der Waals surface area contributed by atoms with E-state index < -0.39 is 0 Å². The van der Waals surface area contributed by atoms with Crippen molar-refractivity contribution in [3.63, 3.8) is 0 Å². The minimum absolute atomic E-state index is 0.274. The van der Waals surface area contributed by atoms with E-state index in [0.717, 1.165) is 63.6 Å². The number of piperazine rings is 1. The van der Waals surface area contributed by atoms with Gasteiger partial charge in [-0.05, 0) is 26.3 Å². The molecule has 3 heterocycles. The highest BCUT2D eigenvalue weighted by atomic mass is 16.5. The number of likely N-dealkylation sites (tertiary alicyclic amines) is 1. The van der Waals surface area contributed by atoms with Crippen molar-refractivity contribution in [1.82, 2.24) is 20.3 Å². The highest BCUT2D eigenvalue weighted by molar-refractivity contribution is 5.76. The van der Waals surface area contributed by atoms with Gasteiger partial charge in [-0.2, -0.15) is 0 Å². The van der Waals surface area contributed by atoms with Crippen LogP contribution in [0.1, 0.15) is 36.8 Å². The standard InChI is InChI=1S/C15H24N4O2/c1-12-11-14(21-17-12)13-3-2-7-18(13)8-4-15(20)19-9-5-16-6-10-19/h11,13,16H,2-10H2,1H3. The molecule has 1 aromatic heterocycles. The van der Waals surface area contributed by atoms with Gasteiger partial charge in [-0.3, -0.25) is 9.69 Å². The van der Waals surface area contributed by atoms with Gasteiger partial charge in [0.1, 0.15) is 0 Å². The van der Waals surface area contributed by atoms with Crippen LogP contribution < -0.4 is 5.32 Å². The predicted molar refractivity (Wildman–Crippen MR) is 78.9 cm³/mol. The van der Waals surface area contributed by atoms with Gasteiger partial charge in [0.15, 0.2) is 5.76 Å². The Hall–Kier alpha value is -1.40. The monoisotopic (exact) mass is 292 g/mol. The third kappa shape index (κ3) is 3.44. The molecule has 1 amide bonds. The molecule has 2 aliphatic rings. The van der Waals surface area contributed by atoms with Crippen molar-refractivity contribution in [2.45, 2.75) is 32.2 Å². The molecule has 2 aliphatic heterocycles. The van der Waals surface area contributed by atoms with Crippen LogP contribution in [0.2, 0.25) is 0 Å². The van der Waals surface area contributed by atoms with Crippen molar-refractivity contribution in [2.75, 3.05) is 39.3 Å². The summed E-state index contributed by atoms with van der Waals surface area (Å²) in [5.41, 5.74) is 0.925. The fraction of sp³-hybridized carbons (Fsp3) is 0.733. The lowest BCUT2D eigenvalue weighted by atomic mass is 10.1. The molecule has 0 aromatic carbocycles. The summed E-state index contributed by atoms with van der Waals surface area (Å²) < 4.78 is 5.41. The van der Waals surface area contributed by atoms with Gasteiger partial charge in [0.2, 0.25) is 5.91 Å². The van der Waals surface area contributed by atoms with Gasteiger partial charge in [-0.1, -0.05) is 5.16 Å². The Morgan fingerprint density at radius 3 is 2.95 bits per heavy atom. The summed E-state index contributed by atoms with van der Waals surface area (Å²) in [5, 5.41) is 7.25. The minimum Gasteiger partial charge on any atom is -0.359 e. The van der Waals surface area contributed by atoms with Crippen molar-refractivity contribution < 1.29 is 9.32 Å². The lowest BCUT2D eigenvalue weighted by Crippen LogP contribution is -2.47. The number of nitrogens with zero attached hydrogens (tertiary/aromatic N) is 3. The van der Waals surface area contributed by atoms with Crippen LogP contribution in [0.3, 0.4) is 0 Å². The van der Waals surface area contributed by atoms with Gasteiger partial charge >= 0.3 is 0 Å². The number of hydrogen-bond donors (Lipinski definition) is 1. The third-order valence-electron chi connectivity index (χ3n) is 4.42. The van der Waals surface area contributed by atoms with Gasteiger partial charge in [0.25, 0.3) is 0 Å². The van der Waals surface area contributed by atoms with E-state index in [1.807, 2.05) is 17.9 Å². The molecule has 0 radical (unpaired) electrons. The van der Waals surface area contributed by atoms with Crippen LogP contribution in [-0.2, 0) is 4.79 Å².